The van der Waals surface area contributed by atoms with E-state index >= 15 is 0 Å². The summed E-state index contributed by atoms with van der Waals surface area (Å²) >= 11 is -2.84. The fourth-order valence-corrected chi connectivity index (χ4v) is 1.20. The summed E-state index contributed by atoms with van der Waals surface area (Å²) in [7, 11) is 0. The van der Waals surface area contributed by atoms with Crippen LogP contribution in [0.3, 0.4) is 0 Å². The Labute approximate surface area is 87.1 Å². The average molecular weight is 231 g/mol. The second-order valence-corrected chi connectivity index (χ2v) is 3.14. The lowest BCUT2D eigenvalue weighted by atomic mass is 10.1. The molecule has 1 unspecified atom stereocenters. The number of anilines is 2. The van der Waals surface area contributed by atoms with Crippen LogP contribution in [0.5, 0.6) is 5.75 Å². The van der Waals surface area contributed by atoms with E-state index in [-0.39, 0.29) is 22.7 Å². The normalized spacial score (nSPS) is 12.1. The third-order valence-corrected chi connectivity index (χ3v) is 1.89. The lowest BCUT2D eigenvalue weighted by molar-refractivity contribution is 0.0696. The number of hydrogen-bond donors (Lipinski definition) is 3. The second-order valence-electron chi connectivity index (χ2n) is 2.57. The summed E-state index contributed by atoms with van der Waals surface area (Å²) in [4.78, 5) is 10.6. The van der Waals surface area contributed by atoms with Gasteiger partial charge in [0.15, 0.2) is 5.75 Å². The molecule has 0 heterocycles. The number of carboxylic acid groups (broad SMARTS) is 1. The molecule has 0 aliphatic heterocycles. The Morgan fingerprint density at radius 1 is 1.47 bits per heavy atom. The lowest BCUT2D eigenvalue weighted by Crippen LogP contribution is -2.06. The molecule has 15 heavy (non-hydrogen) atoms. The van der Waals surface area contributed by atoms with E-state index in [1.54, 1.807) is 0 Å². The van der Waals surface area contributed by atoms with Crippen LogP contribution < -0.4 is 15.7 Å². The maximum atomic E-state index is 10.6. The van der Waals surface area contributed by atoms with Gasteiger partial charge < -0.3 is 25.3 Å². The summed E-state index contributed by atoms with van der Waals surface area (Å²) in [5, 5.41) is 8.65. The maximum absolute atomic E-state index is 10.6. The monoisotopic (exact) mass is 231 g/mol. The standard InChI is InChI=1S/C7H8N2O5S/c8-4-1-3(7(10)11)2-5(6(4)9)14-15(12)13/h1-2H,8-9H2,(H,10,11)(H,12,13)/p-1. The lowest BCUT2D eigenvalue weighted by Gasteiger charge is -2.11. The molecule has 0 amide bonds. The third-order valence-electron chi connectivity index (χ3n) is 1.58. The van der Waals surface area contributed by atoms with Crippen LogP contribution in [0.25, 0.3) is 0 Å². The summed E-state index contributed by atoms with van der Waals surface area (Å²) in [6.45, 7) is 0. The molecule has 1 aromatic rings. The molecule has 0 saturated heterocycles. The van der Waals surface area contributed by atoms with Gasteiger partial charge in [0, 0.05) is 0 Å². The number of carboxylic acids is 1. The van der Waals surface area contributed by atoms with Gasteiger partial charge in [0.1, 0.15) is 11.4 Å². The maximum Gasteiger partial charge on any atom is 0.335 e. The molecule has 0 radical (unpaired) electrons. The zero-order valence-corrected chi connectivity index (χ0v) is 8.11. The Balaban J connectivity index is 3.24. The molecule has 0 bridgehead atoms. The van der Waals surface area contributed by atoms with Crippen LogP contribution in [0.4, 0.5) is 11.4 Å². The van der Waals surface area contributed by atoms with Gasteiger partial charge in [-0.2, -0.15) is 0 Å². The first-order valence-corrected chi connectivity index (χ1v) is 4.61. The minimum atomic E-state index is -2.84. The van der Waals surface area contributed by atoms with Gasteiger partial charge in [-0.3, -0.25) is 0 Å². The van der Waals surface area contributed by atoms with Crippen molar-refractivity contribution < 1.29 is 22.8 Å². The smallest absolute Gasteiger partial charge is 0.335 e. The Morgan fingerprint density at radius 2 is 2.07 bits per heavy atom. The number of nitrogens with two attached hydrogens (primary N) is 2. The van der Waals surface area contributed by atoms with Crippen molar-refractivity contribution in [2.24, 2.45) is 0 Å². The van der Waals surface area contributed by atoms with E-state index in [2.05, 4.69) is 4.18 Å². The Bertz CT molecular complexity index is 434. The van der Waals surface area contributed by atoms with Crippen LogP contribution in [0, 0.1) is 0 Å². The number of carbonyl (C=O) groups is 1. The van der Waals surface area contributed by atoms with Crippen LogP contribution >= 0.6 is 0 Å². The van der Waals surface area contributed by atoms with Gasteiger partial charge in [-0.05, 0) is 12.1 Å². The molecule has 0 aromatic heterocycles. The average Bonchev–Trinajstić information content (AvgIpc) is 2.11. The predicted molar refractivity (Wildman–Crippen MR) is 51.8 cm³/mol. The highest BCUT2D eigenvalue weighted by Crippen LogP contribution is 2.29. The Kier molecular flexibility index (Phi) is 3.12. The molecule has 1 rings (SSSR count). The molecular weight excluding hydrogens is 224 g/mol. The molecule has 7 nitrogen and oxygen atoms in total. The van der Waals surface area contributed by atoms with Crippen LogP contribution in [0.15, 0.2) is 12.1 Å². The van der Waals surface area contributed by atoms with Crippen LogP contribution in [0.2, 0.25) is 0 Å². The van der Waals surface area contributed by atoms with Crippen molar-refractivity contribution in [3.05, 3.63) is 17.7 Å². The molecule has 8 heteroatoms. The number of benzene rings is 1. The molecule has 1 atom stereocenters. The number of nitrogen functional groups attached to an aromatic ring is 2. The van der Waals surface area contributed by atoms with Gasteiger partial charge in [-0.25, -0.2) is 9.00 Å². The number of rotatable bonds is 3. The van der Waals surface area contributed by atoms with Crippen molar-refractivity contribution >= 4 is 28.7 Å². The van der Waals surface area contributed by atoms with E-state index in [0.29, 0.717) is 0 Å². The predicted octanol–water partition coefficient (Wildman–Crippen LogP) is -0.278. The van der Waals surface area contributed by atoms with E-state index in [1.165, 1.54) is 0 Å². The first kappa shape index (κ1) is 11.3. The highest BCUT2D eigenvalue weighted by Gasteiger charge is 2.11. The van der Waals surface area contributed by atoms with Gasteiger partial charge in [-0.15, -0.1) is 0 Å². The first-order chi connectivity index (χ1) is 6.91. The molecule has 0 fully saturated rings. The summed E-state index contributed by atoms with van der Waals surface area (Å²) in [5.41, 5.74) is 10.4. The van der Waals surface area contributed by atoms with Crippen molar-refractivity contribution in [3.63, 3.8) is 0 Å². The fourth-order valence-electron chi connectivity index (χ4n) is 0.914. The zero-order valence-electron chi connectivity index (χ0n) is 7.30. The third kappa shape index (κ3) is 2.58. The van der Waals surface area contributed by atoms with Crippen molar-refractivity contribution in [2.75, 3.05) is 11.5 Å². The van der Waals surface area contributed by atoms with Gasteiger partial charge in [0.25, 0.3) is 0 Å². The Hall–Kier alpha value is -1.80. The zero-order chi connectivity index (χ0) is 11.6. The molecule has 0 saturated carbocycles. The van der Waals surface area contributed by atoms with Crippen LogP contribution in [-0.2, 0) is 11.4 Å². The van der Waals surface area contributed by atoms with Crippen molar-refractivity contribution in [2.45, 2.75) is 0 Å². The summed E-state index contributed by atoms with van der Waals surface area (Å²) in [5.74, 6) is -1.57. The van der Waals surface area contributed by atoms with Crippen LogP contribution in [-0.4, -0.2) is 19.8 Å². The number of aromatic carboxylic acids is 1. The quantitative estimate of drug-likeness (QED) is 0.480. The fraction of sp³-hybridized carbons (Fsp3) is 0. The van der Waals surface area contributed by atoms with Gasteiger partial charge >= 0.3 is 5.97 Å². The topological polar surface area (TPSA) is 139 Å². The van der Waals surface area contributed by atoms with Crippen molar-refractivity contribution in [3.8, 4) is 5.75 Å². The second kappa shape index (κ2) is 4.15. The van der Waals surface area contributed by atoms with Gasteiger partial charge in [0.05, 0.1) is 16.9 Å². The van der Waals surface area contributed by atoms with E-state index < -0.39 is 17.3 Å². The molecular formula is C7H7N2O5S-. The molecule has 1 aromatic carbocycles. The summed E-state index contributed by atoms with van der Waals surface area (Å²) in [6, 6.07) is 2.09. The highest BCUT2D eigenvalue weighted by atomic mass is 32.2. The molecule has 0 aliphatic rings. The van der Waals surface area contributed by atoms with E-state index in [1.807, 2.05) is 0 Å². The van der Waals surface area contributed by atoms with Crippen molar-refractivity contribution in [1.82, 2.24) is 0 Å². The van der Waals surface area contributed by atoms with Crippen LogP contribution in [0.1, 0.15) is 10.4 Å². The molecule has 82 valence electrons. The number of hydrogen-bond acceptors (Lipinski definition) is 6. The summed E-state index contributed by atoms with van der Waals surface area (Å²) < 4.78 is 24.8. The minimum absolute atomic E-state index is 0.0599. The van der Waals surface area contributed by atoms with E-state index in [9.17, 15) is 13.6 Å². The van der Waals surface area contributed by atoms with Gasteiger partial charge in [0.2, 0.25) is 0 Å². The molecule has 5 N–H and O–H groups in total. The molecule has 0 spiro atoms. The van der Waals surface area contributed by atoms with Gasteiger partial charge in [-0.1, -0.05) is 0 Å². The van der Waals surface area contributed by atoms with E-state index in [0.717, 1.165) is 12.1 Å². The highest BCUT2D eigenvalue weighted by molar-refractivity contribution is 7.74. The summed E-state index contributed by atoms with van der Waals surface area (Å²) in [6.07, 6.45) is 0. The Morgan fingerprint density at radius 3 is 2.53 bits per heavy atom. The largest absolute Gasteiger partial charge is 0.740 e. The molecule has 0 aliphatic carbocycles. The SMILES string of the molecule is Nc1cc(C(=O)O)cc(OS(=O)[O-])c1N. The van der Waals surface area contributed by atoms with E-state index in [4.69, 9.17) is 16.6 Å². The first-order valence-electron chi connectivity index (χ1n) is 3.61. The van der Waals surface area contributed by atoms with Crippen molar-refractivity contribution in [1.29, 1.82) is 0 Å². The minimum Gasteiger partial charge on any atom is -0.740 e.